The molecule has 0 amide bonds. The number of aliphatic hydroxyl groups excluding tert-OH is 2. The average molecular weight is 345 g/mol. The standard InChI is InChI=1S/C21H46NO2/c1-5-6-7-8-9-10-11-12-13-14-17-22(3,4)18-21(24)16-15-20(2)19-23/h20-21,23-24H,5-19H2,1-4H3/q+1. The second-order valence-electron chi connectivity index (χ2n) is 8.54. The maximum atomic E-state index is 10.2. The minimum atomic E-state index is -0.239. The van der Waals surface area contributed by atoms with Gasteiger partial charge in [-0.2, -0.15) is 0 Å². The maximum absolute atomic E-state index is 10.2. The summed E-state index contributed by atoms with van der Waals surface area (Å²) in [4.78, 5) is 0. The molecule has 146 valence electrons. The molecule has 3 heteroatoms. The number of aliphatic hydroxyl groups is 2. The van der Waals surface area contributed by atoms with Crippen molar-refractivity contribution in [2.75, 3.05) is 33.8 Å². The Kier molecular flexibility index (Phi) is 15.1. The van der Waals surface area contributed by atoms with Crippen LogP contribution < -0.4 is 0 Å². The minimum absolute atomic E-state index is 0.226. The lowest BCUT2D eigenvalue weighted by Gasteiger charge is -2.32. The molecule has 0 saturated carbocycles. The Morgan fingerprint density at radius 2 is 1.29 bits per heavy atom. The fourth-order valence-corrected chi connectivity index (χ4v) is 3.35. The molecule has 0 aliphatic heterocycles. The van der Waals surface area contributed by atoms with Crippen LogP contribution in [0.15, 0.2) is 0 Å². The van der Waals surface area contributed by atoms with Gasteiger partial charge in [0.1, 0.15) is 12.6 Å². The summed E-state index contributed by atoms with van der Waals surface area (Å²) in [5, 5.41) is 19.2. The molecular weight excluding hydrogens is 298 g/mol. The van der Waals surface area contributed by atoms with Crippen LogP contribution in [0.25, 0.3) is 0 Å². The summed E-state index contributed by atoms with van der Waals surface area (Å²) < 4.78 is 0.908. The normalized spacial score (nSPS) is 14.8. The summed E-state index contributed by atoms with van der Waals surface area (Å²) in [7, 11) is 4.46. The summed E-state index contributed by atoms with van der Waals surface area (Å²) in [6.07, 6.45) is 15.2. The van der Waals surface area contributed by atoms with E-state index in [-0.39, 0.29) is 12.7 Å². The van der Waals surface area contributed by atoms with E-state index in [1.807, 2.05) is 6.92 Å². The Morgan fingerprint density at radius 3 is 1.79 bits per heavy atom. The van der Waals surface area contributed by atoms with Crippen molar-refractivity contribution >= 4 is 0 Å². The number of rotatable bonds is 17. The molecule has 0 aliphatic carbocycles. The van der Waals surface area contributed by atoms with E-state index in [0.29, 0.717) is 5.92 Å². The molecular formula is C21H46NO2+. The van der Waals surface area contributed by atoms with E-state index >= 15 is 0 Å². The van der Waals surface area contributed by atoms with E-state index in [4.69, 9.17) is 5.11 Å². The second-order valence-corrected chi connectivity index (χ2v) is 8.54. The van der Waals surface area contributed by atoms with Gasteiger partial charge in [0.05, 0.1) is 20.6 Å². The van der Waals surface area contributed by atoms with E-state index < -0.39 is 0 Å². The molecule has 0 radical (unpaired) electrons. The molecule has 0 spiro atoms. The lowest BCUT2D eigenvalue weighted by molar-refractivity contribution is -0.893. The van der Waals surface area contributed by atoms with Crippen LogP contribution in [0.1, 0.15) is 90.9 Å². The van der Waals surface area contributed by atoms with E-state index in [2.05, 4.69) is 21.0 Å². The van der Waals surface area contributed by atoms with Crippen molar-refractivity contribution in [1.82, 2.24) is 0 Å². The van der Waals surface area contributed by atoms with Gasteiger partial charge in [-0.1, -0.05) is 65.2 Å². The molecule has 0 aromatic rings. The van der Waals surface area contributed by atoms with Gasteiger partial charge in [0.2, 0.25) is 0 Å². The van der Waals surface area contributed by atoms with Crippen LogP contribution in [-0.4, -0.2) is 54.6 Å². The number of quaternary nitrogens is 1. The summed E-state index contributed by atoms with van der Waals surface area (Å²) in [6, 6.07) is 0. The molecule has 0 heterocycles. The average Bonchev–Trinajstić information content (AvgIpc) is 2.53. The molecule has 0 rings (SSSR count). The predicted molar refractivity (Wildman–Crippen MR) is 105 cm³/mol. The number of hydrogen-bond donors (Lipinski definition) is 2. The lowest BCUT2D eigenvalue weighted by Crippen LogP contribution is -2.46. The largest absolute Gasteiger partial charge is 0.396 e. The molecule has 0 aromatic heterocycles. The molecule has 3 nitrogen and oxygen atoms in total. The second kappa shape index (κ2) is 15.2. The van der Waals surface area contributed by atoms with Crippen molar-refractivity contribution in [3.63, 3.8) is 0 Å². The predicted octanol–water partition coefficient (Wildman–Crippen LogP) is 4.75. The molecule has 2 atom stereocenters. The highest BCUT2D eigenvalue weighted by Crippen LogP contribution is 2.13. The zero-order valence-corrected chi connectivity index (χ0v) is 17.1. The number of hydrogen-bond acceptors (Lipinski definition) is 2. The van der Waals surface area contributed by atoms with Crippen LogP contribution in [0.5, 0.6) is 0 Å². The number of nitrogens with zero attached hydrogens (tertiary/aromatic N) is 1. The number of unbranched alkanes of at least 4 members (excludes halogenated alkanes) is 9. The summed E-state index contributed by atoms with van der Waals surface area (Å²) in [5.41, 5.74) is 0. The van der Waals surface area contributed by atoms with Gasteiger partial charge in [-0.05, 0) is 31.6 Å². The van der Waals surface area contributed by atoms with Crippen molar-refractivity contribution in [3.05, 3.63) is 0 Å². The Labute approximate surface area is 152 Å². The first-order valence-electron chi connectivity index (χ1n) is 10.5. The fraction of sp³-hybridized carbons (Fsp3) is 1.00. The third kappa shape index (κ3) is 15.4. The molecule has 0 aliphatic rings. The third-order valence-electron chi connectivity index (χ3n) is 5.13. The zero-order chi connectivity index (χ0) is 18.3. The molecule has 0 saturated heterocycles. The zero-order valence-electron chi connectivity index (χ0n) is 17.1. The molecule has 24 heavy (non-hydrogen) atoms. The molecule has 2 N–H and O–H groups in total. The van der Waals surface area contributed by atoms with Crippen molar-refractivity contribution in [2.45, 2.75) is 97.0 Å². The van der Waals surface area contributed by atoms with Crippen molar-refractivity contribution in [1.29, 1.82) is 0 Å². The quantitative estimate of drug-likeness (QED) is 0.295. The van der Waals surface area contributed by atoms with Crippen molar-refractivity contribution in [3.8, 4) is 0 Å². The van der Waals surface area contributed by atoms with Gasteiger partial charge in [0, 0.05) is 6.61 Å². The summed E-state index contributed by atoms with van der Waals surface area (Å²) >= 11 is 0. The molecule has 0 fully saturated rings. The fourth-order valence-electron chi connectivity index (χ4n) is 3.35. The van der Waals surface area contributed by atoms with Gasteiger partial charge in [0.25, 0.3) is 0 Å². The lowest BCUT2D eigenvalue weighted by atomic mass is 10.0. The minimum Gasteiger partial charge on any atom is -0.396 e. The van der Waals surface area contributed by atoms with Crippen LogP contribution >= 0.6 is 0 Å². The smallest absolute Gasteiger partial charge is 0.105 e. The topological polar surface area (TPSA) is 40.5 Å². The van der Waals surface area contributed by atoms with E-state index in [1.165, 1.54) is 64.2 Å². The summed E-state index contributed by atoms with van der Waals surface area (Å²) in [5.74, 6) is 0.303. The van der Waals surface area contributed by atoms with Gasteiger partial charge < -0.3 is 14.7 Å². The Hall–Kier alpha value is -0.120. The third-order valence-corrected chi connectivity index (χ3v) is 5.13. The van der Waals surface area contributed by atoms with Crippen LogP contribution in [0, 0.1) is 5.92 Å². The van der Waals surface area contributed by atoms with Gasteiger partial charge in [-0.25, -0.2) is 0 Å². The van der Waals surface area contributed by atoms with Gasteiger partial charge in [-0.3, -0.25) is 0 Å². The van der Waals surface area contributed by atoms with Gasteiger partial charge in [0.15, 0.2) is 0 Å². The summed E-state index contributed by atoms with van der Waals surface area (Å²) in [6.45, 7) is 6.52. The highest BCUT2D eigenvalue weighted by atomic mass is 16.3. The van der Waals surface area contributed by atoms with Crippen LogP contribution in [0.4, 0.5) is 0 Å². The van der Waals surface area contributed by atoms with E-state index in [0.717, 1.165) is 30.4 Å². The molecule has 2 unspecified atom stereocenters. The first-order valence-corrected chi connectivity index (χ1v) is 10.5. The van der Waals surface area contributed by atoms with Crippen LogP contribution in [-0.2, 0) is 0 Å². The monoisotopic (exact) mass is 344 g/mol. The SMILES string of the molecule is CCCCCCCCCCCC[N+](C)(C)CC(O)CCC(C)CO. The Bertz CT molecular complexity index is 269. The highest BCUT2D eigenvalue weighted by molar-refractivity contribution is 4.59. The van der Waals surface area contributed by atoms with E-state index in [1.54, 1.807) is 0 Å². The maximum Gasteiger partial charge on any atom is 0.105 e. The highest BCUT2D eigenvalue weighted by Gasteiger charge is 2.20. The Balaban J connectivity index is 3.56. The molecule has 0 bridgehead atoms. The van der Waals surface area contributed by atoms with Gasteiger partial charge >= 0.3 is 0 Å². The molecule has 0 aromatic carbocycles. The first kappa shape index (κ1) is 23.9. The number of likely N-dealkylation sites (N-methyl/N-ethyl adjacent to an activating group) is 1. The van der Waals surface area contributed by atoms with Crippen LogP contribution in [0.2, 0.25) is 0 Å². The van der Waals surface area contributed by atoms with Gasteiger partial charge in [-0.15, -0.1) is 0 Å². The van der Waals surface area contributed by atoms with E-state index in [9.17, 15) is 5.11 Å². The van der Waals surface area contributed by atoms with Crippen molar-refractivity contribution in [2.24, 2.45) is 5.92 Å². The van der Waals surface area contributed by atoms with Crippen molar-refractivity contribution < 1.29 is 14.7 Å². The van der Waals surface area contributed by atoms with Crippen LogP contribution in [0.3, 0.4) is 0 Å². The Morgan fingerprint density at radius 1 is 0.792 bits per heavy atom. The first-order chi connectivity index (χ1) is 11.4.